The van der Waals surface area contributed by atoms with Gasteiger partial charge < -0.3 is 10.4 Å². The standard InChI is InChI=1S/C16H29N5O2/c1-4-7-21-15(5-6-17-21)18-16(23)12-19-8-9-20(11-14(3)22)13(2)10-19/h5-6,13-14,22H,4,7-12H2,1-3H3,(H,18,23)/t13-,14-/m0/s1. The Balaban J connectivity index is 1.81. The van der Waals surface area contributed by atoms with Crippen molar-refractivity contribution in [2.24, 2.45) is 0 Å². The molecule has 1 aromatic rings. The highest BCUT2D eigenvalue weighted by Gasteiger charge is 2.25. The number of carbonyl (C=O) groups excluding carboxylic acids is 1. The van der Waals surface area contributed by atoms with Crippen molar-refractivity contribution in [2.75, 3.05) is 38.0 Å². The lowest BCUT2D eigenvalue weighted by molar-refractivity contribution is -0.118. The molecule has 2 rings (SSSR count). The van der Waals surface area contributed by atoms with Crippen LogP contribution in [0.3, 0.4) is 0 Å². The van der Waals surface area contributed by atoms with Crippen LogP contribution in [0, 0.1) is 0 Å². The van der Waals surface area contributed by atoms with Crippen LogP contribution in [0.1, 0.15) is 27.2 Å². The van der Waals surface area contributed by atoms with E-state index < -0.39 is 0 Å². The van der Waals surface area contributed by atoms with E-state index in [1.54, 1.807) is 6.20 Å². The van der Waals surface area contributed by atoms with E-state index in [0.29, 0.717) is 19.1 Å². The highest BCUT2D eigenvalue weighted by Crippen LogP contribution is 2.11. The fourth-order valence-electron chi connectivity index (χ4n) is 3.04. The molecule has 0 bridgehead atoms. The molecule has 7 heteroatoms. The fraction of sp³-hybridized carbons (Fsp3) is 0.750. The van der Waals surface area contributed by atoms with Gasteiger partial charge in [0.25, 0.3) is 0 Å². The Kier molecular flexibility index (Phi) is 6.56. The Hall–Kier alpha value is -1.44. The molecule has 2 atom stereocenters. The molecule has 1 aliphatic heterocycles. The number of aliphatic hydroxyl groups excluding tert-OH is 1. The molecule has 1 aliphatic rings. The molecule has 0 aromatic carbocycles. The first kappa shape index (κ1) is 17.9. The molecular formula is C16H29N5O2. The molecule has 130 valence electrons. The normalized spacial score (nSPS) is 21.3. The van der Waals surface area contributed by atoms with Crippen molar-refractivity contribution in [1.82, 2.24) is 19.6 Å². The van der Waals surface area contributed by atoms with Crippen molar-refractivity contribution in [3.63, 3.8) is 0 Å². The minimum Gasteiger partial charge on any atom is -0.392 e. The van der Waals surface area contributed by atoms with Crippen molar-refractivity contribution < 1.29 is 9.90 Å². The molecule has 7 nitrogen and oxygen atoms in total. The Labute approximate surface area is 138 Å². The van der Waals surface area contributed by atoms with Crippen LogP contribution in [0.5, 0.6) is 0 Å². The van der Waals surface area contributed by atoms with Crippen molar-refractivity contribution in [3.05, 3.63) is 12.3 Å². The molecule has 2 heterocycles. The number of amides is 1. The minimum absolute atomic E-state index is 0.000899. The van der Waals surface area contributed by atoms with E-state index in [2.05, 4.69) is 34.1 Å². The van der Waals surface area contributed by atoms with E-state index in [0.717, 1.165) is 38.4 Å². The summed E-state index contributed by atoms with van der Waals surface area (Å²) in [7, 11) is 0. The number of β-amino-alcohol motifs (C(OH)–C–C–N with tert-alkyl or cyclic N) is 1. The van der Waals surface area contributed by atoms with Crippen LogP contribution in [0.15, 0.2) is 12.3 Å². The summed E-state index contributed by atoms with van der Waals surface area (Å²) in [4.78, 5) is 16.7. The molecule has 1 amide bonds. The number of aryl methyl sites for hydroxylation is 1. The van der Waals surface area contributed by atoms with Gasteiger partial charge in [0, 0.05) is 44.8 Å². The van der Waals surface area contributed by atoms with Gasteiger partial charge in [-0.25, -0.2) is 4.68 Å². The predicted molar refractivity (Wildman–Crippen MR) is 90.3 cm³/mol. The lowest BCUT2D eigenvalue weighted by atomic mass is 10.1. The van der Waals surface area contributed by atoms with Gasteiger partial charge in [-0.3, -0.25) is 14.6 Å². The van der Waals surface area contributed by atoms with Gasteiger partial charge in [0.2, 0.25) is 5.91 Å². The Morgan fingerprint density at radius 3 is 2.96 bits per heavy atom. The quantitative estimate of drug-likeness (QED) is 0.769. The number of rotatable bonds is 7. The van der Waals surface area contributed by atoms with Gasteiger partial charge >= 0.3 is 0 Å². The molecule has 1 fully saturated rings. The number of aliphatic hydroxyl groups is 1. The maximum Gasteiger partial charge on any atom is 0.239 e. The van der Waals surface area contributed by atoms with E-state index in [4.69, 9.17) is 0 Å². The zero-order valence-electron chi connectivity index (χ0n) is 14.4. The average Bonchev–Trinajstić information content (AvgIpc) is 2.89. The Morgan fingerprint density at radius 1 is 1.52 bits per heavy atom. The number of anilines is 1. The third-order valence-corrected chi connectivity index (χ3v) is 4.13. The van der Waals surface area contributed by atoms with E-state index in [9.17, 15) is 9.90 Å². The number of hydrogen-bond donors (Lipinski definition) is 2. The summed E-state index contributed by atoms with van der Waals surface area (Å²) in [5.74, 6) is 0.761. The maximum atomic E-state index is 12.3. The van der Waals surface area contributed by atoms with Crippen LogP contribution in [-0.2, 0) is 11.3 Å². The van der Waals surface area contributed by atoms with E-state index in [1.165, 1.54) is 0 Å². The van der Waals surface area contributed by atoms with Crippen LogP contribution >= 0.6 is 0 Å². The molecule has 0 aliphatic carbocycles. The summed E-state index contributed by atoms with van der Waals surface area (Å²) < 4.78 is 1.82. The molecule has 23 heavy (non-hydrogen) atoms. The second kappa shape index (κ2) is 8.42. The van der Waals surface area contributed by atoms with Gasteiger partial charge in [-0.15, -0.1) is 0 Å². The SMILES string of the molecule is CCCn1nccc1NC(=O)CN1CCN(C[C@H](C)O)[C@@H](C)C1. The van der Waals surface area contributed by atoms with Gasteiger partial charge in [-0.05, 0) is 20.3 Å². The lowest BCUT2D eigenvalue weighted by Crippen LogP contribution is -2.54. The molecule has 0 spiro atoms. The third-order valence-electron chi connectivity index (χ3n) is 4.13. The van der Waals surface area contributed by atoms with Crippen molar-refractivity contribution in [2.45, 2.75) is 45.9 Å². The smallest absolute Gasteiger partial charge is 0.239 e. The molecule has 1 aromatic heterocycles. The summed E-state index contributed by atoms with van der Waals surface area (Å²) >= 11 is 0. The number of carbonyl (C=O) groups is 1. The summed E-state index contributed by atoms with van der Waals surface area (Å²) in [6, 6.07) is 2.17. The van der Waals surface area contributed by atoms with Crippen LogP contribution in [0.2, 0.25) is 0 Å². The van der Waals surface area contributed by atoms with Crippen molar-refractivity contribution in [1.29, 1.82) is 0 Å². The summed E-state index contributed by atoms with van der Waals surface area (Å²) in [5, 5.41) is 16.7. The summed E-state index contributed by atoms with van der Waals surface area (Å²) in [5.41, 5.74) is 0. The number of piperazine rings is 1. The fourth-order valence-corrected chi connectivity index (χ4v) is 3.04. The average molecular weight is 323 g/mol. The molecule has 0 radical (unpaired) electrons. The maximum absolute atomic E-state index is 12.3. The third kappa shape index (κ3) is 5.30. The predicted octanol–water partition coefficient (Wildman–Crippen LogP) is 0.619. The highest BCUT2D eigenvalue weighted by molar-refractivity contribution is 5.91. The Morgan fingerprint density at radius 2 is 2.30 bits per heavy atom. The molecule has 1 saturated heterocycles. The monoisotopic (exact) mass is 323 g/mol. The number of nitrogens with zero attached hydrogens (tertiary/aromatic N) is 4. The highest BCUT2D eigenvalue weighted by atomic mass is 16.3. The van der Waals surface area contributed by atoms with Gasteiger partial charge in [-0.2, -0.15) is 5.10 Å². The zero-order chi connectivity index (χ0) is 16.8. The molecule has 0 unspecified atom stereocenters. The summed E-state index contributed by atoms with van der Waals surface area (Å²) in [6.45, 7) is 10.5. The van der Waals surface area contributed by atoms with Crippen LogP contribution < -0.4 is 5.32 Å². The first-order valence-corrected chi connectivity index (χ1v) is 8.45. The number of nitrogens with one attached hydrogen (secondary N) is 1. The Bertz CT molecular complexity index is 502. The largest absolute Gasteiger partial charge is 0.392 e. The first-order valence-electron chi connectivity index (χ1n) is 8.45. The van der Waals surface area contributed by atoms with Gasteiger partial charge in [0.05, 0.1) is 18.8 Å². The molecular weight excluding hydrogens is 294 g/mol. The van der Waals surface area contributed by atoms with Gasteiger partial charge in [-0.1, -0.05) is 6.92 Å². The number of hydrogen-bond acceptors (Lipinski definition) is 5. The van der Waals surface area contributed by atoms with Crippen molar-refractivity contribution in [3.8, 4) is 0 Å². The van der Waals surface area contributed by atoms with E-state index in [-0.39, 0.29) is 12.0 Å². The van der Waals surface area contributed by atoms with E-state index in [1.807, 2.05) is 17.7 Å². The van der Waals surface area contributed by atoms with Crippen LogP contribution in [0.25, 0.3) is 0 Å². The van der Waals surface area contributed by atoms with Crippen LogP contribution in [-0.4, -0.2) is 75.5 Å². The summed E-state index contributed by atoms with van der Waals surface area (Å²) in [6.07, 6.45) is 2.38. The van der Waals surface area contributed by atoms with Gasteiger partial charge in [0.15, 0.2) is 0 Å². The zero-order valence-corrected chi connectivity index (χ0v) is 14.4. The topological polar surface area (TPSA) is 73.6 Å². The van der Waals surface area contributed by atoms with E-state index >= 15 is 0 Å². The van der Waals surface area contributed by atoms with Crippen molar-refractivity contribution >= 4 is 11.7 Å². The van der Waals surface area contributed by atoms with Crippen LogP contribution in [0.4, 0.5) is 5.82 Å². The number of aromatic nitrogens is 2. The minimum atomic E-state index is -0.314. The van der Waals surface area contributed by atoms with Gasteiger partial charge in [0.1, 0.15) is 5.82 Å². The second-order valence-corrected chi connectivity index (χ2v) is 6.42. The lowest BCUT2D eigenvalue weighted by Gasteiger charge is -2.40. The first-order chi connectivity index (χ1) is 11.0. The molecule has 0 saturated carbocycles. The molecule has 2 N–H and O–H groups in total. The second-order valence-electron chi connectivity index (χ2n) is 6.42.